The van der Waals surface area contributed by atoms with Crippen LogP contribution in [0.2, 0.25) is 0 Å². The van der Waals surface area contributed by atoms with Crippen molar-refractivity contribution in [2.75, 3.05) is 18.5 Å². The van der Waals surface area contributed by atoms with Crippen molar-refractivity contribution in [3.8, 4) is 5.75 Å². The Morgan fingerprint density at radius 2 is 2.15 bits per heavy atom. The van der Waals surface area contributed by atoms with Crippen molar-refractivity contribution >= 4 is 11.6 Å². The third-order valence-electron chi connectivity index (χ3n) is 3.42. The highest BCUT2D eigenvalue weighted by atomic mass is 19.1. The van der Waals surface area contributed by atoms with E-state index >= 15 is 0 Å². The Morgan fingerprint density at radius 3 is 2.85 bits per heavy atom. The second-order valence-corrected chi connectivity index (χ2v) is 4.98. The number of carbonyl (C=O) groups excluding carboxylic acids is 1. The third-order valence-corrected chi connectivity index (χ3v) is 3.42. The van der Waals surface area contributed by atoms with Gasteiger partial charge in [-0.25, -0.2) is 4.39 Å². The molecular formula is C15H21FN2O2. The van der Waals surface area contributed by atoms with E-state index < -0.39 is 0 Å². The van der Waals surface area contributed by atoms with Crippen LogP contribution in [0, 0.1) is 5.82 Å². The summed E-state index contributed by atoms with van der Waals surface area (Å²) in [7, 11) is 0. The first-order chi connectivity index (χ1) is 9.69. The normalized spacial score (nSPS) is 15.3. The zero-order valence-electron chi connectivity index (χ0n) is 11.7. The summed E-state index contributed by atoms with van der Waals surface area (Å²) in [6.07, 6.45) is 4.72. The summed E-state index contributed by atoms with van der Waals surface area (Å²) >= 11 is 0. The minimum atomic E-state index is -0.379. The molecule has 1 aliphatic rings. The largest absolute Gasteiger partial charge is 0.492 e. The molecule has 5 heteroatoms. The Bertz CT molecular complexity index is 459. The van der Waals surface area contributed by atoms with E-state index in [1.807, 2.05) is 6.92 Å². The number of benzene rings is 1. The van der Waals surface area contributed by atoms with Gasteiger partial charge in [0.2, 0.25) is 5.91 Å². The lowest BCUT2D eigenvalue weighted by molar-refractivity contribution is -0.115. The third kappa shape index (κ3) is 4.20. The van der Waals surface area contributed by atoms with E-state index in [0.717, 1.165) is 12.8 Å². The number of nitrogens with one attached hydrogen (secondary N) is 2. The number of halogens is 1. The molecule has 0 radical (unpaired) electrons. The van der Waals surface area contributed by atoms with Crippen LogP contribution in [0.5, 0.6) is 5.75 Å². The zero-order valence-corrected chi connectivity index (χ0v) is 11.7. The van der Waals surface area contributed by atoms with Crippen LogP contribution in [0.25, 0.3) is 0 Å². The van der Waals surface area contributed by atoms with Gasteiger partial charge in [-0.05, 0) is 31.9 Å². The lowest BCUT2D eigenvalue weighted by Crippen LogP contribution is -2.34. The van der Waals surface area contributed by atoms with Gasteiger partial charge in [0.05, 0.1) is 18.8 Å². The van der Waals surface area contributed by atoms with E-state index in [4.69, 9.17) is 4.74 Å². The monoisotopic (exact) mass is 280 g/mol. The summed E-state index contributed by atoms with van der Waals surface area (Å²) in [5, 5.41) is 5.99. The summed E-state index contributed by atoms with van der Waals surface area (Å²) in [5.74, 6) is -0.151. The van der Waals surface area contributed by atoms with Crippen LogP contribution in [0.3, 0.4) is 0 Å². The Hall–Kier alpha value is -1.62. The van der Waals surface area contributed by atoms with Crippen LogP contribution in [0.4, 0.5) is 10.1 Å². The molecule has 1 aromatic carbocycles. The van der Waals surface area contributed by atoms with E-state index in [1.54, 1.807) is 0 Å². The molecule has 110 valence electrons. The Labute approximate surface area is 118 Å². The fourth-order valence-corrected chi connectivity index (χ4v) is 2.44. The molecule has 0 spiro atoms. The summed E-state index contributed by atoms with van der Waals surface area (Å²) in [5.41, 5.74) is 0.506. The highest BCUT2D eigenvalue weighted by Gasteiger charge is 2.16. The molecule has 1 amide bonds. The molecule has 1 aromatic rings. The first kappa shape index (κ1) is 14.8. The zero-order chi connectivity index (χ0) is 14.4. The van der Waals surface area contributed by atoms with Crippen LogP contribution in [-0.2, 0) is 4.79 Å². The molecule has 1 fully saturated rings. The molecular weight excluding hydrogens is 259 g/mol. The number of hydrogen-bond acceptors (Lipinski definition) is 3. The smallest absolute Gasteiger partial charge is 0.238 e. The number of ether oxygens (including phenoxy) is 1. The Kier molecular flexibility index (Phi) is 5.35. The topological polar surface area (TPSA) is 50.4 Å². The van der Waals surface area contributed by atoms with Gasteiger partial charge in [0.1, 0.15) is 11.6 Å². The summed E-state index contributed by atoms with van der Waals surface area (Å²) < 4.78 is 18.5. The predicted molar refractivity (Wildman–Crippen MR) is 76.5 cm³/mol. The SMILES string of the molecule is CCOc1cc(F)ccc1NC(=O)CNC1CCCC1. The fraction of sp³-hybridized carbons (Fsp3) is 0.533. The summed E-state index contributed by atoms with van der Waals surface area (Å²) in [4.78, 5) is 11.9. The van der Waals surface area contributed by atoms with Crippen molar-refractivity contribution in [1.29, 1.82) is 0 Å². The molecule has 0 atom stereocenters. The maximum absolute atomic E-state index is 13.2. The summed E-state index contributed by atoms with van der Waals surface area (Å²) in [6, 6.07) is 4.56. The van der Waals surface area contributed by atoms with Crippen molar-refractivity contribution in [2.24, 2.45) is 0 Å². The molecule has 20 heavy (non-hydrogen) atoms. The Balaban J connectivity index is 1.89. The van der Waals surface area contributed by atoms with Crippen LogP contribution in [0.1, 0.15) is 32.6 Å². The van der Waals surface area contributed by atoms with Gasteiger partial charge < -0.3 is 15.4 Å². The number of amides is 1. The lowest BCUT2D eigenvalue weighted by atomic mass is 10.2. The molecule has 0 aromatic heterocycles. The predicted octanol–water partition coefficient (Wildman–Crippen LogP) is 2.70. The van der Waals surface area contributed by atoms with Crippen molar-refractivity contribution in [3.05, 3.63) is 24.0 Å². The molecule has 0 bridgehead atoms. The van der Waals surface area contributed by atoms with Crippen LogP contribution in [-0.4, -0.2) is 25.1 Å². The minimum absolute atomic E-state index is 0.135. The van der Waals surface area contributed by atoms with Crippen molar-refractivity contribution in [3.63, 3.8) is 0 Å². The fourth-order valence-electron chi connectivity index (χ4n) is 2.44. The van der Waals surface area contributed by atoms with E-state index in [1.165, 1.54) is 31.0 Å². The standard InChI is InChI=1S/C15H21FN2O2/c1-2-20-14-9-11(16)7-8-13(14)18-15(19)10-17-12-5-3-4-6-12/h7-9,12,17H,2-6,10H2,1H3,(H,18,19). The maximum Gasteiger partial charge on any atom is 0.238 e. The number of anilines is 1. The quantitative estimate of drug-likeness (QED) is 0.842. The molecule has 0 unspecified atom stereocenters. The van der Waals surface area contributed by atoms with Crippen LogP contribution in [0.15, 0.2) is 18.2 Å². The van der Waals surface area contributed by atoms with Gasteiger partial charge in [0.15, 0.2) is 0 Å². The highest BCUT2D eigenvalue weighted by Crippen LogP contribution is 2.25. The first-order valence-corrected chi connectivity index (χ1v) is 7.14. The van der Waals surface area contributed by atoms with Gasteiger partial charge >= 0.3 is 0 Å². The van der Waals surface area contributed by atoms with Gasteiger partial charge in [-0.3, -0.25) is 4.79 Å². The molecule has 0 heterocycles. The van der Waals surface area contributed by atoms with Gasteiger partial charge in [-0.2, -0.15) is 0 Å². The van der Waals surface area contributed by atoms with Crippen molar-refractivity contribution in [2.45, 2.75) is 38.6 Å². The molecule has 4 nitrogen and oxygen atoms in total. The average molecular weight is 280 g/mol. The van der Waals surface area contributed by atoms with E-state index in [2.05, 4.69) is 10.6 Å². The van der Waals surface area contributed by atoms with Crippen molar-refractivity contribution in [1.82, 2.24) is 5.32 Å². The maximum atomic E-state index is 13.2. The molecule has 1 aliphatic carbocycles. The van der Waals surface area contributed by atoms with E-state index in [-0.39, 0.29) is 18.3 Å². The highest BCUT2D eigenvalue weighted by molar-refractivity contribution is 5.93. The number of carbonyl (C=O) groups is 1. The van der Waals surface area contributed by atoms with Gasteiger partial charge in [-0.1, -0.05) is 12.8 Å². The van der Waals surface area contributed by atoms with E-state index in [9.17, 15) is 9.18 Å². The molecule has 1 saturated carbocycles. The average Bonchev–Trinajstić information content (AvgIpc) is 2.93. The van der Waals surface area contributed by atoms with Crippen LogP contribution < -0.4 is 15.4 Å². The molecule has 2 N–H and O–H groups in total. The first-order valence-electron chi connectivity index (χ1n) is 7.14. The second-order valence-electron chi connectivity index (χ2n) is 4.98. The van der Waals surface area contributed by atoms with Crippen molar-refractivity contribution < 1.29 is 13.9 Å². The molecule has 0 saturated heterocycles. The number of hydrogen-bond donors (Lipinski definition) is 2. The minimum Gasteiger partial charge on any atom is -0.492 e. The lowest BCUT2D eigenvalue weighted by Gasteiger charge is -2.14. The second kappa shape index (κ2) is 7.24. The Morgan fingerprint density at radius 1 is 1.40 bits per heavy atom. The van der Waals surface area contributed by atoms with E-state index in [0.29, 0.717) is 24.1 Å². The molecule has 0 aliphatic heterocycles. The van der Waals surface area contributed by atoms with Gasteiger partial charge in [-0.15, -0.1) is 0 Å². The molecule has 2 rings (SSSR count). The van der Waals surface area contributed by atoms with Gasteiger partial charge in [0.25, 0.3) is 0 Å². The van der Waals surface area contributed by atoms with Crippen LogP contribution >= 0.6 is 0 Å². The summed E-state index contributed by atoms with van der Waals surface area (Å²) in [6.45, 7) is 2.51. The number of rotatable bonds is 6. The van der Waals surface area contributed by atoms with Gasteiger partial charge in [0, 0.05) is 12.1 Å².